The van der Waals surface area contributed by atoms with Crippen LogP contribution in [0.4, 0.5) is 4.79 Å². The molecule has 132 valence electrons. The Hall–Kier alpha value is -2.37. The summed E-state index contributed by atoms with van der Waals surface area (Å²) in [5.41, 5.74) is 0.899. The molecule has 1 aromatic carbocycles. The Morgan fingerprint density at radius 1 is 1.08 bits per heavy atom. The number of urea groups is 1. The number of rotatable bonds is 3. The third-order valence-electron chi connectivity index (χ3n) is 5.64. The third-order valence-corrected chi connectivity index (χ3v) is 5.64. The minimum Gasteiger partial charge on any atom is -0.332 e. The average Bonchev–Trinajstić information content (AvgIpc) is 3.29. The monoisotopic (exact) mass is 341 g/mol. The maximum Gasteiger partial charge on any atom is 0.324 e. The van der Waals surface area contributed by atoms with Gasteiger partial charge in [-0.3, -0.25) is 14.5 Å². The lowest BCUT2D eigenvalue weighted by Crippen LogP contribution is -2.64. The molecule has 2 saturated heterocycles. The van der Waals surface area contributed by atoms with E-state index in [1.807, 2.05) is 30.3 Å². The lowest BCUT2D eigenvalue weighted by Gasteiger charge is -2.37. The van der Waals surface area contributed by atoms with Crippen molar-refractivity contribution >= 4 is 17.8 Å². The number of carbonyl (C=O) groups excluding carboxylic acids is 3. The Morgan fingerprint density at radius 3 is 2.52 bits per heavy atom. The highest BCUT2D eigenvalue weighted by Crippen LogP contribution is 2.32. The fraction of sp³-hybridized carbons (Fsp3) is 0.526. The summed E-state index contributed by atoms with van der Waals surface area (Å²) in [4.78, 5) is 41.2. The minimum atomic E-state index is -0.547. The van der Waals surface area contributed by atoms with E-state index in [-0.39, 0.29) is 36.3 Å². The molecule has 2 heterocycles. The predicted molar refractivity (Wildman–Crippen MR) is 91.4 cm³/mol. The van der Waals surface area contributed by atoms with Crippen molar-refractivity contribution in [2.75, 3.05) is 6.54 Å². The first-order valence-electron chi connectivity index (χ1n) is 9.11. The first-order chi connectivity index (χ1) is 12.1. The molecule has 2 aliphatic heterocycles. The molecule has 1 saturated carbocycles. The van der Waals surface area contributed by atoms with Gasteiger partial charge in [-0.2, -0.15) is 0 Å². The van der Waals surface area contributed by atoms with Gasteiger partial charge in [-0.25, -0.2) is 4.79 Å². The Morgan fingerprint density at radius 2 is 1.80 bits per heavy atom. The number of likely N-dealkylation sites (tertiary alicyclic amines) is 1. The third kappa shape index (κ3) is 2.90. The molecule has 1 aliphatic carbocycles. The maximum atomic E-state index is 13.0. The van der Waals surface area contributed by atoms with Crippen molar-refractivity contribution in [1.82, 2.24) is 15.1 Å². The van der Waals surface area contributed by atoms with Gasteiger partial charge in [0, 0.05) is 12.5 Å². The van der Waals surface area contributed by atoms with Crippen molar-refractivity contribution in [3.05, 3.63) is 35.9 Å². The van der Waals surface area contributed by atoms with E-state index in [0.717, 1.165) is 31.2 Å². The van der Waals surface area contributed by atoms with Crippen LogP contribution in [0.15, 0.2) is 30.3 Å². The summed E-state index contributed by atoms with van der Waals surface area (Å²) < 4.78 is 0. The van der Waals surface area contributed by atoms with E-state index in [9.17, 15) is 14.4 Å². The highest BCUT2D eigenvalue weighted by molar-refractivity contribution is 6.02. The molecule has 3 fully saturated rings. The minimum absolute atomic E-state index is 0.0479. The average molecular weight is 341 g/mol. The van der Waals surface area contributed by atoms with Crippen LogP contribution in [0.2, 0.25) is 0 Å². The summed E-state index contributed by atoms with van der Waals surface area (Å²) in [6.45, 7) is 0.788. The van der Waals surface area contributed by atoms with Gasteiger partial charge in [-0.1, -0.05) is 43.2 Å². The number of hydrogen-bond donors (Lipinski definition) is 1. The van der Waals surface area contributed by atoms with Crippen LogP contribution in [0.3, 0.4) is 0 Å². The number of benzene rings is 1. The van der Waals surface area contributed by atoms with Crippen molar-refractivity contribution in [1.29, 1.82) is 0 Å². The summed E-state index contributed by atoms with van der Waals surface area (Å²) in [5, 5.41) is 2.93. The zero-order valence-corrected chi connectivity index (χ0v) is 14.2. The number of amides is 4. The number of imide groups is 1. The molecular formula is C19H23N3O3. The molecule has 1 N–H and O–H groups in total. The molecule has 0 aromatic heterocycles. The summed E-state index contributed by atoms with van der Waals surface area (Å²) in [7, 11) is 0. The van der Waals surface area contributed by atoms with Crippen LogP contribution in [-0.4, -0.2) is 46.3 Å². The lowest BCUT2D eigenvalue weighted by molar-refractivity contribution is -0.146. The fourth-order valence-corrected chi connectivity index (χ4v) is 4.32. The molecule has 6 nitrogen and oxygen atoms in total. The smallest absolute Gasteiger partial charge is 0.324 e. The van der Waals surface area contributed by atoms with Crippen molar-refractivity contribution in [2.45, 2.75) is 50.7 Å². The van der Waals surface area contributed by atoms with E-state index in [4.69, 9.17) is 0 Å². The Labute approximate surface area is 147 Å². The van der Waals surface area contributed by atoms with Gasteiger partial charge in [0.2, 0.25) is 5.91 Å². The highest BCUT2D eigenvalue weighted by atomic mass is 16.2. The molecular weight excluding hydrogens is 318 g/mol. The zero-order chi connectivity index (χ0) is 17.4. The standard InChI is InChI=1S/C19H23N3O3/c23-17(14-8-4-5-9-14)21-11-10-15-16(21)18(24)22(19(25)20-15)12-13-6-2-1-3-7-13/h1-3,6-7,14-16H,4-5,8-12H2,(H,20,25). The van der Waals surface area contributed by atoms with E-state index < -0.39 is 6.04 Å². The van der Waals surface area contributed by atoms with Gasteiger partial charge < -0.3 is 10.2 Å². The summed E-state index contributed by atoms with van der Waals surface area (Å²) in [5.74, 6) is -0.109. The molecule has 4 rings (SSSR count). The normalized spacial score (nSPS) is 26.7. The van der Waals surface area contributed by atoms with Crippen molar-refractivity contribution in [3.8, 4) is 0 Å². The van der Waals surface area contributed by atoms with E-state index in [2.05, 4.69) is 5.32 Å². The molecule has 0 spiro atoms. The van der Waals surface area contributed by atoms with Crippen molar-refractivity contribution in [3.63, 3.8) is 0 Å². The molecule has 1 aromatic rings. The number of hydrogen-bond acceptors (Lipinski definition) is 3. The molecule has 0 radical (unpaired) electrons. The predicted octanol–water partition coefficient (Wildman–Crippen LogP) is 1.90. The second-order valence-electron chi connectivity index (χ2n) is 7.21. The molecule has 2 atom stereocenters. The molecule has 3 aliphatic rings. The van der Waals surface area contributed by atoms with Gasteiger partial charge in [-0.15, -0.1) is 0 Å². The summed E-state index contributed by atoms with van der Waals surface area (Å²) in [6, 6.07) is 8.30. The zero-order valence-electron chi connectivity index (χ0n) is 14.2. The SMILES string of the molecule is O=C1NC2CCN(C(=O)C3CCCC3)C2C(=O)N1Cc1ccccc1. The van der Waals surface area contributed by atoms with E-state index in [1.165, 1.54) is 4.90 Å². The van der Waals surface area contributed by atoms with Gasteiger partial charge in [0.05, 0.1) is 12.6 Å². The molecule has 0 bridgehead atoms. The molecule has 25 heavy (non-hydrogen) atoms. The fourth-order valence-electron chi connectivity index (χ4n) is 4.32. The first-order valence-corrected chi connectivity index (χ1v) is 9.11. The van der Waals surface area contributed by atoms with Crippen LogP contribution >= 0.6 is 0 Å². The number of nitrogens with zero attached hydrogens (tertiary/aromatic N) is 2. The molecule has 4 amide bonds. The van der Waals surface area contributed by atoms with Crippen LogP contribution in [-0.2, 0) is 16.1 Å². The number of carbonyl (C=O) groups is 3. The van der Waals surface area contributed by atoms with Gasteiger partial charge in [0.1, 0.15) is 6.04 Å². The van der Waals surface area contributed by atoms with E-state index in [0.29, 0.717) is 13.0 Å². The summed E-state index contributed by atoms with van der Waals surface area (Å²) >= 11 is 0. The Bertz CT molecular complexity index is 684. The lowest BCUT2D eigenvalue weighted by atomic mass is 10.0. The summed E-state index contributed by atoms with van der Waals surface area (Å²) in [6.07, 6.45) is 4.66. The van der Waals surface area contributed by atoms with Crippen molar-refractivity contribution < 1.29 is 14.4 Å². The van der Waals surface area contributed by atoms with Gasteiger partial charge in [0.25, 0.3) is 5.91 Å². The molecule has 6 heteroatoms. The van der Waals surface area contributed by atoms with Crippen LogP contribution in [0.5, 0.6) is 0 Å². The van der Waals surface area contributed by atoms with Crippen LogP contribution in [0.25, 0.3) is 0 Å². The second-order valence-corrected chi connectivity index (χ2v) is 7.21. The number of fused-ring (bicyclic) bond motifs is 1. The van der Waals surface area contributed by atoms with Gasteiger partial charge in [-0.05, 0) is 24.8 Å². The molecule has 2 unspecified atom stereocenters. The first kappa shape index (κ1) is 16.1. The topological polar surface area (TPSA) is 69.7 Å². The van der Waals surface area contributed by atoms with Crippen LogP contribution in [0.1, 0.15) is 37.7 Å². The van der Waals surface area contributed by atoms with E-state index >= 15 is 0 Å². The van der Waals surface area contributed by atoms with Crippen LogP contribution in [0, 0.1) is 5.92 Å². The Kier molecular flexibility index (Phi) is 4.19. The van der Waals surface area contributed by atoms with Gasteiger partial charge in [0.15, 0.2) is 0 Å². The van der Waals surface area contributed by atoms with Crippen LogP contribution < -0.4 is 5.32 Å². The van der Waals surface area contributed by atoms with Crippen molar-refractivity contribution in [2.24, 2.45) is 5.92 Å². The van der Waals surface area contributed by atoms with Gasteiger partial charge >= 0.3 is 6.03 Å². The maximum absolute atomic E-state index is 13.0. The second kappa shape index (κ2) is 6.50. The largest absolute Gasteiger partial charge is 0.332 e. The van der Waals surface area contributed by atoms with E-state index in [1.54, 1.807) is 4.90 Å². The Balaban J connectivity index is 1.53. The quantitative estimate of drug-likeness (QED) is 0.913. The highest BCUT2D eigenvalue weighted by Gasteiger charge is 2.50. The number of nitrogens with one attached hydrogen (secondary N) is 1.